The quantitative estimate of drug-likeness (QED) is 0.134. The molecule has 0 saturated carbocycles. The van der Waals surface area contributed by atoms with Crippen LogP contribution in [0.3, 0.4) is 0 Å². The minimum absolute atomic E-state index is 0.220. The van der Waals surface area contributed by atoms with Crippen LogP contribution >= 0.6 is 11.6 Å². The lowest BCUT2D eigenvalue weighted by Gasteiger charge is -2.24. The predicted molar refractivity (Wildman–Crippen MR) is 160 cm³/mol. The number of carbonyl (C=O) groups excluding carboxylic acids is 1. The van der Waals surface area contributed by atoms with E-state index in [1.165, 1.54) is 44.6 Å². The van der Waals surface area contributed by atoms with Gasteiger partial charge in [-0.1, -0.05) is 23.7 Å². The fourth-order valence-electron chi connectivity index (χ4n) is 4.51. The van der Waals surface area contributed by atoms with Crippen LogP contribution < -0.4 is 14.9 Å². The molecule has 0 aliphatic carbocycles. The average molecular weight is 590 g/mol. The highest BCUT2D eigenvalue weighted by Gasteiger charge is 2.24. The molecule has 5 aromatic rings. The zero-order valence-electron chi connectivity index (χ0n) is 21.8. The van der Waals surface area contributed by atoms with Crippen LogP contribution in [0, 0.1) is 11.2 Å². The Bertz CT molecular complexity index is 1810. The molecule has 5 rings (SSSR count). The Morgan fingerprint density at radius 2 is 1.73 bits per heavy atom. The summed E-state index contributed by atoms with van der Waals surface area (Å²) in [6, 6.07) is 21.2. The van der Waals surface area contributed by atoms with Crippen LogP contribution in [-0.2, 0) is 11.3 Å². The first-order valence-electron chi connectivity index (χ1n) is 12.3. The van der Waals surface area contributed by atoms with Crippen molar-refractivity contribution < 1.29 is 22.4 Å². The van der Waals surface area contributed by atoms with E-state index in [9.17, 15) is 17.9 Å². The van der Waals surface area contributed by atoms with Crippen molar-refractivity contribution >= 4 is 63.0 Å². The summed E-state index contributed by atoms with van der Waals surface area (Å²) in [7, 11) is 2.89. The third-order valence-corrected chi connectivity index (χ3v) is 7.47. The highest BCUT2D eigenvalue weighted by atomic mass is 35.5. The maximum atomic E-state index is 13.6. The predicted octanol–water partition coefficient (Wildman–Crippen LogP) is 6.89. The SMILES string of the molecule is CNC(=O)c1c(-c2ccc(F)cc2)oc2cc(N(C)S(=O)[O-])c(-c3ccc(C=N)c(Nc4ccc(Cl)cc4)c3)cc12. The molecule has 0 fully saturated rings. The molecular weight excluding hydrogens is 567 g/mol. The standard InChI is InChI=1S/C30H24ClFN4O4S/c1-34-30(37)28-24-14-23(18-3-4-19(16-33)25(13-18)35-22-11-7-20(31)8-12-22)26(36(2)41(38)39)15-27(24)40-29(28)17-5-9-21(32)10-6-17/h3-16,33,35H,1-2H3,(H,34,37)(H,38,39)/p-1. The molecule has 1 aromatic heterocycles. The minimum Gasteiger partial charge on any atom is -0.755 e. The van der Waals surface area contributed by atoms with Crippen LogP contribution in [-0.4, -0.2) is 35.0 Å². The summed E-state index contributed by atoms with van der Waals surface area (Å²) in [5.41, 5.74) is 4.33. The molecular formula is C30H23ClFN4O4S-. The van der Waals surface area contributed by atoms with E-state index in [1.807, 2.05) is 0 Å². The van der Waals surface area contributed by atoms with Crippen molar-refractivity contribution in [2.24, 2.45) is 0 Å². The van der Waals surface area contributed by atoms with Crippen LogP contribution in [0.15, 0.2) is 83.3 Å². The van der Waals surface area contributed by atoms with Crippen LogP contribution in [0.4, 0.5) is 21.5 Å². The number of fused-ring (bicyclic) bond motifs is 1. The molecule has 1 heterocycles. The number of anilines is 3. The molecule has 4 aromatic carbocycles. The number of hydrogen-bond acceptors (Lipinski definition) is 6. The lowest BCUT2D eigenvalue weighted by molar-refractivity contribution is 0.0964. The van der Waals surface area contributed by atoms with Gasteiger partial charge in [-0.05, 0) is 66.2 Å². The van der Waals surface area contributed by atoms with E-state index < -0.39 is 23.0 Å². The molecule has 0 bridgehead atoms. The van der Waals surface area contributed by atoms with E-state index in [0.29, 0.717) is 44.0 Å². The molecule has 3 N–H and O–H groups in total. The van der Waals surface area contributed by atoms with Gasteiger partial charge in [-0.15, -0.1) is 0 Å². The molecule has 1 atom stereocenters. The van der Waals surface area contributed by atoms with Gasteiger partial charge < -0.3 is 29.3 Å². The van der Waals surface area contributed by atoms with Gasteiger partial charge in [0.2, 0.25) is 0 Å². The number of amides is 1. The molecule has 1 unspecified atom stereocenters. The van der Waals surface area contributed by atoms with Gasteiger partial charge in [0.1, 0.15) is 17.2 Å². The van der Waals surface area contributed by atoms with Gasteiger partial charge in [-0.2, -0.15) is 0 Å². The van der Waals surface area contributed by atoms with Crippen LogP contribution in [0.2, 0.25) is 5.02 Å². The van der Waals surface area contributed by atoms with E-state index in [0.717, 1.165) is 9.99 Å². The van der Waals surface area contributed by atoms with Crippen molar-refractivity contribution in [2.75, 3.05) is 23.7 Å². The number of hydrogen-bond donors (Lipinski definition) is 3. The molecule has 0 saturated heterocycles. The lowest BCUT2D eigenvalue weighted by atomic mass is 9.97. The average Bonchev–Trinajstić information content (AvgIpc) is 3.35. The summed E-state index contributed by atoms with van der Waals surface area (Å²) in [6.07, 6.45) is 1.21. The second-order valence-corrected chi connectivity index (χ2v) is 10.5. The van der Waals surface area contributed by atoms with Crippen LogP contribution in [0.5, 0.6) is 0 Å². The van der Waals surface area contributed by atoms with Gasteiger partial charge in [-0.3, -0.25) is 9.00 Å². The van der Waals surface area contributed by atoms with E-state index in [2.05, 4.69) is 10.6 Å². The Labute approximate surface area is 242 Å². The highest BCUT2D eigenvalue weighted by molar-refractivity contribution is 7.80. The number of halogens is 2. The summed E-state index contributed by atoms with van der Waals surface area (Å²) >= 11 is 3.40. The number of benzene rings is 4. The van der Waals surface area contributed by atoms with Crippen LogP contribution in [0.25, 0.3) is 33.4 Å². The molecule has 11 heteroatoms. The second-order valence-electron chi connectivity index (χ2n) is 9.05. The molecule has 41 heavy (non-hydrogen) atoms. The van der Waals surface area contributed by atoms with Crippen molar-refractivity contribution in [1.82, 2.24) is 5.32 Å². The van der Waals surface area contributed by atoms with Crippen molar-refractivity contribution in [1.29, 1.82) is 5.41 Å². The zero-order chi connectivity index (χ0) is 29.3. The smallest absolute Gasteiger partial charge is 0.255 e. The normalized spacial score (nSPS) is 11.7. The van der Waals surface area contributed by atoms with Crippen molar-refractivity contribution in [3.63, 3.8) is 0 Å². The zero-order valence-corrected chi connectivity index (χ0v) is 23.4. The molecule has 8 nitrogen and oxygen atoms in total. The summed E-state index contributed by atoms with van der Waals surface area (Å²) < 4.78 is 44.9. The second kappa shape index (κ2) is 11.5. The molecule has 208 valence electrons. The van der Waals surface area contributed by atoms with Gasteiger partial charge in [0.05, 0.1) is 11.3 Å². The molecule has 0 aliphatic rings. The van der Waals surface area contributed by atoms with Gasteiger partial charge in [-0.25, -0.2) is 4.39 Å². The van der Waals surface area contributed by atoms with Gasteiger partial charge >= 0.3 is 0 Å². The number of furan rings is 1. The molecule has 0 radical (unpaired) electrons. The van der Waals surface area contributed by atoms with Gasteiger partial charge in [0.15, 0.2) is 0 Å². The first kappa shape index (κ1) is 28.0. The van der Waals surface area contributed by atoms with Gasteiger partial charge in [0.25, 0.3) is 5.91 Å². The maximum absolute atomic E-state index is 13.6. The Balaban J connectivity index is 1.75. The maximum Gasteiger partial charge on any atom is 0.255 e. The number of rotatable bonds is 8. The molecule has 1 amide bonds. The third-order valence-electron chi connectivity index (χ3n) is 6.57. The summed E-state index contributed by atoms with van der Waals surface area (Å²) in [5, 5.41) is 14.8. The fourth-order valence-corrected chi connectivity index (χ4v) is 4.94. The number of nitrogens with zero attached hydrogens (tertiary/aromatic N) is 1. The van der Waals surface area contributed by atoms with Crippen molar-refractivity contribution in [3.8, 4) is 22.5 Å². The first-order valence-corrected chi connectivity index (χ1v) is 13.7. The van der Waals surface area contributed by atoms with E-state index in [4.69, 9.17) is 21.4 Å². The minimum atomic E-state index is -2.62. The Morgan fingerprint density at radius 1 is 1.05 bits per heavy atom. The summed E-state index contributed by atoms with van der Waals surface area (Å²) in [4.78, 5) is 13.1. The van der Waals surface area contributed by atoms with E-state index in [-0.39, 0.29) is 16.9 Å². The van der Waals surface area contributed by atoms with E-state index in [1.54, 1.807) is 54.6 Å². The number of carbonyl (C=O) groups is 1. The van der Waals surface area contributed by atoms with Crippen LogP contribution in [0.1, 0.15) is 15.9 Å². The van der Waals surface area contributed by atoms with Crippen molar-refractivity contribution in [2.45, 2.75) is 0 Å². The first-order chi connectivity index (χ1) is 19.7. The fraction of sp³-hybridized carbons (Fsp3) is 0.0667. The Hall–Kier alpha value is -4.51. The largest absolute Gasteiger partial charge is 0.755 e. The summed E-state index contributed by atoms with van der Waals surface area (Å²) in [5.74, 6) is -0.642. The van der Waals surface area contributed by atoms with E-state index >= 15 is 0 Å². The third kappa shape index (κ3) is 5.58. The molecule has 0 aliphatic heterocycles. The summed E-state index contributed by atoms with van der Waals surface area (Å²) in [6.45, 7) is 0. The highest BCUT2D eigenvalue weighted by Crippen LogP contribution is 2.42. The Kier molecular flexibility index (Phi) is 7.89. The number of nitrogens with one attached hydrogen (secondary N) is 3. The lowest BCUT2D eigenvalue weighted by Crippen LogP contribution is -2.20. The van der Waals surface area contributed by atoms with Crippen molar-refractivity contribution in [3.05, 3.63) is 101 Å². The topological polar surface area (TPSA) is 121 Å². The molecule has 0 spiro atoms. The monoisotopic (exact) mass is 589 g/mol. The Morgan fingerprint density at radius 3 is 2.37 bits per heavy atom. The van der Waals surface area contributed by atoms with Gasteiger partial charge in [0, 0.05) is 76.1 Å².